The maximum atomic E-state index is 9.85. The minimum Gasteiger partial charge on any atom is -0.508 e. The van der Waals surface area contributed by atoms with E-state index in [0.717, 1.165) is 209 Å². The number of benzene rings is 12. The molecule has 17 heteroatoms. The zero-order valence-corrected chi connectivity index (χ0v) is 80.4. The van der Waals surface area contributed by atoms with Crippen LogP contribution in [0.2, 0.25) is 0 Å². The molecule has 4 aliphatic heterocycles. The van der Waals surface area contributed by atoms with Crippen molar-refractivity contribution in [2.45, 2.75) is 121 Å². The Bertz CT molecular complexity index is 5430. The Morgan fingerprint density at radius 3 is 0.815 bits per heavy atom. The predicted octanol–water partition coefficient (Wildman–Crippen LogP) is 23.0. The van der Waals surface area contributed by atoms with Gasteiger partial charge in [-0.3, -0.25) is 4.90 Å². The molecule has 2 unspecified atom stereocenters. The molecular formula is C118H136BrN5O11. The van der Waals surface area contributed by atoms with Gasteiger partial charge in [0.25, 0.3) is 0 Å². The maximum Gasteiger partial charge on any atom is 0.119 e. The fourth-order valence-electron chi connectivity index (χ4n) is 18.6. The largest absolute Gasteiger partial charge is 0.508 e. The van der Waals surface area contributed by atoms with Crippen LogP contribution in [0.5, 0.6) is 40.2 Å². The first-order valence-corrected chi connectivity index (χ1v) is 49.2. The number of hydrogen-bond acceptors (Lipinski definition) is 16. The molecule has 16 nitrogen and oxygen atoms in total. The van der Waals surface area contributed by atoms with Gasteiger partial charge in [-0.15, -0.1) is 0 Å². The molecule has 4 aliphatic rings. The van der Waals surface area contributed by atoms with Crippen molar-refractivity contribution in [3.8, 4) is 40.2 Å². The van der Waals surface area contributed by atoms with E-state index in [1.54, 1.807) is 36.4 Å². The van der Waals surface area contributed by atoms with Crippen LogP contribution in [-0.2, 0) is 0 Å². The summed E-state index contributed by atoms with van der Waals surface area (Å²) < 4.78 is 25.4. The number of ether oxygens (including phenoxy) is 4. The molecule has 0 bridgehead atoms. The van der Waals surface area contributed by atoms with Crippen molar-refractivity contribution in [3.63, 3.8) is 0 Å². The van der Waals surface area contributed by atoms with Crippen LogP contribution >= 0.6 is 15.9 Å². The molecule has 16 rings (SSSR count). The summed E-state index contributed by atoms with van der Waals surface area (Å²) in [5.74, 6) is 4.27. The second kappa shape index (κ2) is 54.2. The quantitative estimate of drug-likeness (QED) is 0.0169. The molecule has 0 aromatic heterocycles. The Kier molecular flexibility index (Phi) is 40.4. The third kappa shape index (κ3) is 30.4. The lowest BCUT2D eigenvalue weighted by Crippen LogP contribution is -2.44. The number of piperazine rings is 1. The molecule has 135 heavy (non-hydrogen) atoms. The highest BCUT2D eigenvalue weighted by molar-refractivity contribution is 9.10. The van der Waals surface area contributed by atoms with E-state index in [0.29, 0.717) is 44.0 Å². The Morgan fingerprint density at radius 1 is 0.296 bits per heavy atom. The van der Waals surface area contributed by atoms with Gasteiger partial charge < -0.3 is 74.7 Å². The first kappa shape index (κ1) is 101. The molecule has 4 saturated heterocycles. The first-order chi connectivity index (χ1) is 66.2. The third-order valence-electron chi connectivity index (χ3n) is 26.0. The maximum absolute atomic E-state index is 9.85. The molecular weight excluding hydrogens is 1740 g/mol. The van der Waals surface area contributed by atoms with E-state index >= 15 is 0 Å². The number of rotatable bonds is 39. The second-order valence-electron chi connectivity index (χ2n) is 35.3. The highest BCUT2D eigenvalue weighted by Gasteiger charge is 2.26. The SMILES string of the molecule is CN1CCCC1CCOc1ccc(/C(=C(/CCCO)c2ccccc2)c2ccc(O)cc2)cc1.CN1CCCC1COc1ccc(/C(=C(/CCCO)c2ccccc2)c2ccc(Br)cc2)cc1.CN1CCC[C@@H]1CCOc1ccc(/C(=C(/CCCO)c2ccccc2)c2ccc(O)cc2)cc1.OCCC/C(=C(\c1ccc(O)cc1)c1ccc(OCCN2CCNCC2)cc1)c1ccccc1. The number of aliphatic hydroxyl groups excluding tert-OH is 4. The van der Waals surface area contributed by atoms with Crippen LogP contribution in [0.25, 0.3) is 44.6 Å². The van der Waals surface area contributed by atoms with Crippen molar-refractivity contribution >= 4 is 60.5 Å². The van der Waals surface area contributed by atoms with Gasteiger partial charge in [-0.2, -0.15) is 0 Å². The molecule has 0 saturated carbocycles. The first-order valence-electron chi connectivity index (χ1n) is 48.4. The van der Waals surface area contributed by atoms with Crippen molar-refractivity contribution in [1.29, 1.82) is 0 Å². The van der Waals surface area contributed by atoms with Gasteiger partial charge in [0.1, 0.15) is 53.5 Å². The number of hydrogen-bond donors (Lipinski definition) is 8. The van der Waals surface area contributed by atoms with Gasteiger partial charge in [0.05, 0.1) is 13.2 Å². The Hall–Kier alpha value is -11.7. The Morgan fingerprint density at radius 2 is 0.548 bits per heavy atom. The number of phenols is 3. The van der Waals surface area contributed by atoms with E-state index in [-0.39, 0.29) is 43.7 Å². The average molecular weight is 1880 g/mol. The second-order valence-corrected chi connectivity index (χ2v) is 36.2. The number of aromatic hydroxyl groups is 3. The number of phenolic OH excluding ortho intramolecular Hbond substituents is 3. The normalized spacial score (nSPS) is 16.5. The molecule has 0 amide bonds. The summed E-state index contributed by atoms with van der Waals surface area (Å²) in [6.07, 6.45) is 15.5. The smallest absolute Gasteiger partial charge is 0.119 e. The van der Waals surface area contributed by atoms with Crippen LogP contribution in [0, 0.1) is 0 Å². The predicted molar refractivity (Wildman–Crippen MR) is 556 cm³/mol. The van der Waals surface area contributed by atoms with Crippen LogP contribution < -0.4 is 24.3 Å². The molecule has 12 aromatic rings. The van der Waals surface area contributed by atoms with Crippen LogP contribution in [-0.4, -0.2) is 200 Å². The van der Waals surface area contributed by atoms with Crippen molar-refractivity contribution in [1.82, 2.24) is 24.9 Å². The summed E-state index contributed by atoms with van der Waals surface area (Å²) >= 11 is 3.56. The summed E-state index contributed by atoms with van der Waals surface area (Å²) in [6, 6.07) is 107. The summed E-state index contributed by atoms with van der Waals surface area (Å²) in [4.78, 5) is 9.66. The van der Waals surface area contributed by atoms with Gasteiger partial charge in [-0.25, -0.2) is 0 Å². The van der Waals surface area contributed by atoms with Gasteiger partial charge in [0.2, 0.25) is 0 Å². The van der Waals surface area contributed by atoms with Gasteiger partial charge in [0.15, 0.2) is 0 Å². The minimum absolute atomic E-state index is 0.138. The Labute approximate surface area is 809 Å². The van der Waals surface area contributed by atoms with Gasteiger partial charge >= 0.3 is 0 Å². The van der Waals surface area contributed by atoms with E-state index in [1.165, 1.54) is 85.0 Å². The molecule has 3 atom stereocenters. The van der Waals surface area contributed by atoms with Crippen molar-refractivity contribution in [3.05, 3.63) is 387 Å². The van der Waals surface area contributed by atoms with Crippen LogP contribution in [0.3, 0.4) is 0 Å². The van der Waals surface area contributed by atoms with Crippen molar-refractivity contribution < 1.29 is 54.7 Å². The average Bonchev–Trinajstić information content (AvgIpc) is 1.37. The van der Waals surface area contributed by atoms with E-state index in [2.05, 4.69) is 208 Å². The number of allylic oxidation sites excluding steroid dienone is 4. The molecule has 4 heterocycles. The van der Waals surface area contributed by atoms with E-state index in [4.69, 9.17) is 18.9 Å². The zero-order chi connectivity index (χ0) is 94.1. The lowest BCUT2D eigenvalue weighted by molar-refractivity contribution is 0.191. The lowest BCUT2D eigenvalue weighted by atomic mass is 9.87. The standard InChI is InChI=1S/2C30H35NO3.C29H32BrNO2.C29H34N2O3/c2*1-31-20-5-9-26(31)19-22-34-28-17-13-25(14-18-28)30(24-11-15-27(33)16-12-24)29(10-6-21-32)23-7-3-2-4-8-23;1-31-19-5-9-26(31)21-33-27-17-13-24(14-18-27)29(23-11-15-25(30)16-12-23)28(10-6-20-32)22-7-3-2-4-8-22;32-21-4-7-28(23-5-2-1-3-6-23)29(24-8-12-26(33)13-9-24)25-10-14-27(15-11-25)34-22-20-31-18-16-30-17-19-31/h2*2-4,7-8,11-18,26,32-33H,5-6,9-10,19-22H2,1H3;2-4,7-8,11-18,26,32H,5-6,9-10,19-21H2,1H3;1-3,5-6,8-15,30,32-33H,4,7,16-22H2/b2*30-29-;2*29-28-/t26-;;;/m1.../s1. The van der Waals surface area contributed by atoms with Crippen molar-refractivity contribution in [2.24, 2.45) is 0 Å². The van der Waals surface area contributed by atoms with Gasteiger partial charge in [-0.1, -0.05) is 234 Å². The van der Waals surface area contributed by atoms with Gasteiger partial charge in [0, 0.05) is 81.7 Å². The van der Waals surface area contributed by atoms with Crippen LogP contribution in [0.4, 0.5) is 0 Å². The number of halogens is 1. The highest BCUT2D eigenvalue weighted by atomic mass is 79.9. The molecule has 0 aliphatic carbocycles. The third-order valence-corrected chi connectivity index (χ3v) is 26.5. The molecule has 12 aromatic carbocycles. The van der Waals surface area contributed by atoms with Crippen LogP contribution in [0.1, 0.15) is 169 Å². The summed E-state index contributed by atoms with van der Waals surface area (Å²) in [5.41, 5.74) is 22.6. The van der Waals surface area contributed by atoms with Crippen LogP contribution in [0.15, 0.2) is 320 Å². The number of aliphatic hydroxyl groups is 4. The number of nitrogens with zero attached hydrogens (tertiary/aromatic N) is 4. The highest BCUT2D eigenvalue weighted by Crippen LogP contribution is 2.43. The zero-order valence-electron chi connectivity index (χ0n) is 78.8. The molecule has 706 valence electrons. The fraction of sp³-hybridized carbons (Fsp3) is 0.322. The van der Waals surface area contributed by atoms with E-state index in [1.807, 2.05) is 133 Å². The molecule has 8 N–H and O–H groups in total. The summed E-state index contributed by atoms with van der Waals surface area (Å²) in [5, 5.41) is 71.2. The number of likely N-dealkylation sites (N-methyl/N-ethyl adjacent to an activating group) is 1. The van der Waals surface area contributed by atoms with E-state index < -0.39 is 0 Å². The number of nitrogens with one attached hydrogen (secondary N) is 1. The molecule has 0 radical (unpaired) electrons. The summed E-state index contributed by atoms with van der Waals surface area (Å²) in [6.45, 7) is 12.1. The van der Waals surface area contributed by atoms with Gasteiger partial charge in [-0.05, 0) is 352 Å². The number of likely N-dealkylation sites (tertiary alicyclic amines) is 3. The topological polar surface area (TPSA) is 204 Å². The lowest BCUT2D eigenvalue weighted by Gasteiger charge is -2.26. The minimum atomic E-state index is 0.138. The molecule has 4 fully saturated rings. The fourth-order valence-corrected chi connectivity index (χ4v) is 18.9. The van der Waals surface area contributed by atoms with Crippen molar-refractivity contribution in [2.75, 3.05) is 126 Å². The Balaban J connectivity index is 0.000000152. The molecule has 0 spiro atoms. The summed E-state index contributed by atoms with van der Waals surface area (Å²) in [7, 11) is 6.58. The monoisotopic (exact) mass is 1880 g/mol. The van der Waals surface area contributed by atoms with E-state index in [9.17, 15) is 35.7 Å².